The van der Waals surface area contributed by atoms with Crippen LogP contribution < -0.4 is 4.90 Å². The van der Waals surface area contributed by atoms with Crippen LogP contribution in [0.25, 0.3) is 0 Å². The van der Waals surface area contributed by atoms with Crippen LogP contribution in [0.2, 0.25) is 0 Å². The molecule has 1 fully saturated rings. The molecule has 2 aromatic rings. The van der Waals surface area contributed by atoms with E-state index in [9.17, 15) is 18.5 Å². The molecule has 1 aliphatic rings. The molecule has 0 aromatic heterocycles. The molecule has 1 heterocycles. The molecule has 0 radical (unpaired) electrons. The number of nitro benzene ring substituents is 1. The summed E-state index contributed by atoms with van der Waals surface area (Å²) in [5.74, 6) is 0.0175. The number of hydrogen-bond donors (Lipinski definition) is 1. The zero-order valence-electron chi connectivity index (χ0n) is 15.2. The SMILES string of the molecule is C[C@H](c1cccc([N+](=O)[O-])c1)[NH+]1CCN(S(=O)(=O)Cc2ccccc2)CC1. The highest BCUT2D eigenvalue weighted by Gasteiger charge is 2.32. The van der Waals surface area contributed by atoms with Crippen molar-refractivity contribution < 1.29 is 18.2 Å². The molecule has 0 saturated carbocycles. The van der Waals surface area contributed by atoms with E-state index in [2.05, 4.69) is 0 Å². The number of piperazine rings is 1. The molecule has 1 N–H and O–H groups in total. The van der Waals surface area contributed by atoms with E-state index in [1.54, 1.807) is 16.4 Å². The molecule has 3 rings (SSSR count). The van der Waals surface area contributed by atoms with E-state index in [-0.39, 0.29) is 22.4 Å². The maximum atomic E-state index is 12.7. The number of benzene rings is 2. The Hall–Kier alpha value is -2.29. The number of nitrogens with one attached hydrogen (secondary N) is 1. The quantitative estimate of drug-likeness (QED) is 0.597. The predicted molar refractivity (Wildman–Crippen MR) is 103 cm³/mol. The zero-order chi connectivity index (χ0) is 19.4. The number of hydrogen-bond acceptors (Lipinski definition) is 4. The first-order valence-corrected chi connectivity index (χ1v) is 10.6. The molecule has 1 saturated heterocycles. The van der Waals surface area contributed by atoms with E-state index in [1.807, 2.05) is 43.3 Å². The van der Waals surface area contributed by atoms with E-state index < -0.39 is 10.0 Å². The maximum absolute atomic E-state index is 12.7. The van der Waals surface area contributed by atoms with Gasteiger partial charge in [0, 0.05) is 17.7 Å². The smallest absolute Gasteiger partial charge is 0.269 e. The maximum Gasteiger partial charge on any atom is 0.269 e. The zero-order valence-corrected chi connectivity index (χ0v) is 16.1. The predicted octanol–water partition coefficient (Wildman–Crippen LogP) is 1.39. The van der Waals surface area contributed by atoms with Crippen molar-refractivity contribution in [2.24, 2.45) is 0 Å². The molecule has 0 spiro atoms. The van der Waals surface area contributed by atoms with E-state index in [0.29, 0.717) is 26.2 Å². The number of nitro groups is 1. The number of rotatable bonds is 6. The molecule has 2 aromatic carbocycles. The van der Waals surface area contributed by atoms with Gasteiger partial charge in [-0.3, -0.25) is 10.1 Å². The van der Waals surface area contributed by atoms with Gasteiger partial charge in [-0.05, 0) is 12.5 Å². The van der Waals surface area contributed by atoms with Gasteiger partial charge >= 0.3 is 0 Å². The standard InChI is InChI=1S/C19H23N3O4S/c1-16(18-8-5-9-19(14-18)22(23)24)20-10-12-21(13-11-20)27(25,26)15-17-6-3-2-4-7-17/h2-9,14,16H,10-13,15H2,1H3/p+1/t16-/m1/s1. The molecule has 1 atom stereocenters. The molecule has 144 valence electrons. The Kier molecular flexibility index (Phi) is 5.88. The lowest BCUT2D eigenvalue weighted by atomic mass is 10.1. The summed E-state index contributed by atoms with van der Waals surface area (Å²) < 4.78 is 26.9. The van der Waals surface area contributed by atoms with Crippen LogP contribution in [0.5, 0.6) is 0 Å². The second-order valence-electron chi connectivity index (χ2n) is 6.87. The number of sulfonamides is 1. The van der Waals surface area contributed by atoms with E-state index in [0.717, 1.165) is 11.1 Å². The Balaban J connectivity index is 1.63. The third-order valence-electron chi connectivity index (χ3n) is 5.14. The van der Waals surface area contributed by atoms with Crippen molar-refractivity contribution in [3.8, 4) is 0 Å². The number of non-ortho nitro benzene ring substituents is 1. The van der Waals surface area contributed by atoms with Gasteiger partial charge in [0.2, 0.25) is 10.0 Å². The van der Waals surface area contributed by atoms with E-state index in [1.165, 1.54) is 11.0 Å². The highest BCUT2D eigenvalue weighted by Crippen LogP contribution is 2.18. The van der Waals surface area contributed by atoms with Crippen LogP contribution in [-0.2, 0) is 15.8 Å². The molecule has 7 nitrogen and oxygen atoms in total. The lowest BCUT2D eigenvalue weighted by Crippen LogP contribution is -3.14. The monoisotopic (exact) mass is 390 g/mol. The van der Waals surface area contributed by atoms with Gasteiger partial charge in [-0.1, -0.05) is 42.5 Å². The summed E-state index contributed by atoms with van der Waals surface area (Å²) in [6, 6.07) is 16.0. The van der Waals surface area contributed by atoms with Gasteiger partial charge in [0.25, 0.3) is 5.69 Å². The molecule has 8 heteroatoms. The molecular formula is C19H24N3O4S+. The van der Waals surface area contributed by atoms with Crippen molar-refractivity contribution in [3.63, 3.8) is 0 Å². The van der Waals surface area contributed by atoms with Crippen LogP contribution in [0.15, 0.2) is 54.6 Å². The van der Waals surface area contributed by atoms with Crippen molar-refractivity contribution in [1.82, 2.24) is 4.31 Å². The molecular weight excluding hydrogens is 366 g/mol. The van der Waals surface area contributed by atoms with Crippen molar-refractivity contribution in [1.29, 1.82) is 0 Å². The van der Waals surface area contributed by atoms with Crippen LogP contribution in [0, 0.1) is 10.1 Å². The lowest BCUT2D eigenvalue weighted by molar-refractivity contribution is -0.933. The van der Waals surface area contributed by atoms with Gasteiger partial charge in [0.15, 0.2) is 0 Å². The summed E-state index contributed by atoms with van der Waals surface area (Å²) in [6.45, 7) is 4.31. The van der Waals surface area contributed by atoms with Crippen molar-refractivity contribution in [2.75, 3.05) is 26.2 Å². The minimum Gasteiger partial charge on any atom is -0.327 e. The second kappa shape index (κ2) is 8.16. The largest absolute Gasteiger partial charge is 0.327 e. The van der Waals surface area contributed by atoms with Gasteiger partial charge in [0.05, 0.1) is 36.9 Å². The third kappa shape index (κ3) is 4.71. The second-order valence-corrected chi connectivity index (χ2v) is 8.84. The van der Waals surface area contributed by atoms with Gasteiger partial charge in [-0.15, -0.1) is 0 Å². The minimum atomic E-state index is -3.34. The highest BCUT2D eigenvalue weighted by molar-refractivity contribution is 7.88. The summed E-state index contributed by atoms with van der Waals surface area (Å²) in [6.07, 6.45) is 0. The Bertz CT molecular complexity index is 894. The van der Waals surface area contributed by atoms with Crippen LogP contribution in [-0.4, -0.2) is 43.8 Å². The highest BCUT2D eigenvalue weighted by atomic mass is 32.2. The van der Waals surface area contributed by atoms with Crippen molar-refractivity contribution in [2.45, 2.75) is 18.7 Å². The fourth-order valence-corrected chi connectivity index (χ4v) is 5.04. The van der Waals surface area contributed by atoms with Crippen molar-refractivity contribution >= 4 is 15.7 Å². The molecule has 1 aliphatic heterocycles. The number of quaternary nitrogens is 1. The normalized spacial score (nSPS) is 17.5. The molecule has 27 heavy (non-hydrogen) atoms. The van der Waals surface area contributed by atoms with E-state index >= 15 is 0 Å². The van der Waals surface area contributed by atoms with Crippen molar-refractivity contribution in [3.05, 3.63) is 75.8 Å². The molecule has 0 unspecified atom stereocenters. The van der Waals surface area contributed by atoms with Gasteiger partial charge < -0.3 is 4.90 Å². The van der Waals surface area contributed by atoms with Crippen LogP contribution in [0.4, 0.5) is 5.69 Å². The summed E-state index contributed by atoms with van der Waals surface area (Å²) in [5, 5.41) is 11.0. The van der Waals surface area contributed by atoms with Gasteiger partial charge in [-0.25, -0.2) is 8.42 Å². The van der Waals surface area contributed by atoms with Gasteiger partial charge in [0.1, 0.15) is 6.04 Å². The summed E-state index contributed by atoms with van der Waals surface area (Å²) in [4.78, 5) is 11.8. The first-order valence-electron chi connectivity index (χ1n) is 8.97. The topological polar surface area (TPSA) is 85.0 Å². The van der Waals surface area contributed by atoms with Crippen LogP contribution in [0.3, 0.4) is 0 Å². The third-order valence-corrected chi connectivity index (χ3v) is 6.99. The van der Waals surface area contributed by atoms with Gasteiger partial charge in [-0.2, -0.15) is 4.31 Å². The Morgan fingerprint density at radius 2 is 1.78 bits per heavy atom. The summed E-state index contributed by atoms with van der Waals surface area (Å²) in [7, 11) is -3.34. The average molecular weight is 390 g/mol. The molecule has 0 aliphatic carbocycles. The van der Waals surface area contributed by atoms with Crippen LogP contribution in [0.1, 0.15) is 24.1 Å². The average Bonchev–Trinajstić information content (AvgIpc) is 2.68. The lowest BCUT2D eigenvalue weighted by Gasteiger charge is -2.35. The Labute approximate surface area is 159 Å². The summed E-state index contributed by atoms with van der Waals surface area (Å²) >= 11 is 0. The first-order chi connectivity index (χ1) is 12.9. The molecule has 0 amide bonds. The van der Waals surface area contributed by atoms with Crippen LogP contribution >= 0.6 is 0 Å². The molecule has 0 bridgehead atoms. The first kappa shape index (κ1) is 19.5. The summed E-state index contributed by atoms with van der Waals surface area (Å²) in [5.41, 5.74) is 1.78. The number of nitrogens with zero attached hydrogens (tertiary/aromatic N) is 2. The fourth-order valence-electron chi connectivity index (χ4n) is 3.50. The Morgan fingerprint density at radius 1 is 1.11 bits per heavy atom. The van der Waals surface area contributed by atoms with E-state index in [4.69, 9.17) is 0 Å². The minimum absolute atomic E-state index is 0.0175. The Morgan fingerprint density at radius 3 is 2.41 bits per heavy atom. The fraction of sp³-hybridized carbons (Fsp3) is 0.368.